The van der Waals surface area contributed by atoms with Crippen molar-refractivity contribution in [2.24, 2.45) is 0 Å². The molecule has 15 heavy (non-hydrogen) atoms. The molecular formula is C11H22N4. The molecule has 0 aliphatic carbocycles. The highest BCUT2D eigenvalue weighted by Crippen LogP contribution is 2.19. The number of nitrogens with zero attached hydrogens (tertiary/aromatic N) is 3. The topological polar surface area (TPSA) is 42.7 Å². The summed E-state index contributed by atoms with van der Waals surface area (Å²) in [5.41, 5.74) is 1.25. The van der Waals surface area contributed by atoms with E-state index in [1.165, 1.54) is 5.69 Å². The maximum Gasteiger partial charge on any atom is 0.0727 e. The molecule has 0 saturated carbocycles. The molecule has 0 amide bonds. The molecule has 0 radical (unpaired) electrons. The lowest BCUT2D eigenvalue weighted by atomic mass is 10.00. The van der Waals surface area contributed by atoms with Gasteiger partial charge in [-0.2, -0.15) is 0 Å². The summed E-state index contributed by atoms with van der Waals surface area (Å²) in [4.78, 5) is 0. The Labute approximate surface area is 92.1 Å². The molecule has 0 spiro atoms. The summed E-state index contributed by atoms with van der Waals surface area (Å²) in [7, 11) is 2.00. The molecule has 2 unspecified atom stereocenters. The molecule has 1 aromatic rings. The molecule has 1 heterocycles. The fourth-order valence-corrected chi connectivity index (χ4v) is 1.80. The van der Waals surface area contributed by atoms with Gasteiger partial charge in [0.2, 0.25) is 0 Å². The van der Waals surface area contributed by atoms with Crippen LogP contribution in [-0.4, -0.2) is 28.1 Å². The van der Waals surface area contributed by atoms with Gasteiger partial charge in [-0.25, -0.2) is 4.68 Å². The van der Waals surface area contributed by atoms with Crippen LogP contribution in [0.1, 0.15) is 45.2 Å². The average molecular weight is 210 g/mol. The van der Waals surface area contributed by atoms with Crippen LogP contribution in [0.5, 0.6) is 0 Å². The molecule has 4 heteroatoms. The maximum atomic E-state index is 4.11. The summed E-state index contributed by atoms with van der Waals surface area (Å²) in [5, 5.41) is 11.4. The summed E-state index contributed by atoms with van der Waals surface area (Å²) in [6.45, 7) is 7.56. The van der Waals surface area contributed by atoms with E-state index in [0.29, 0.717) is 12.0 Å². The van der Waals surface area contributed by atoms with Crippen LogP contribution in [0.2, 0.25) is 0 Å². The van der Waals surface area contributed by atoms with Crippen molar-refractivity contribution in [1.29, 1.82) is 0 Å². The maximum absolute atomic E-state index is 4.11. The van der Waals surface area contributed by atoms with Crippen molar-refractivity contribution in [3.63, 3.8) is 0 Å². The van der Waals surface area contributed by atoms with E-state index in [-0.39, 0.29) is 0 Å². The fraction of sp³-hybridized carbons (Fsp3) is 0.818. The van der Waals surface area contributed by atoms with Gasteiger partial charge in [0.1, 0.15) is 0 Å². The third-order valence-electron chi connectivity index (χ3n) is 2.79. The third kappa shape index (κ3) is 3.30. The van der Waals surface area contributed by atoms with Crippen molar-refractivity contribution in [2.45, 2.75) is 52.1 Å². The standard InChI is InChI=1S/C11H22N4/c1-5-6-15-11(8-13-14-15)9(2)7-10(3)12-4/h8-10,12H,5-7H2,1-4H3. The summed E-state index contributed by atoms with van der Waals surface area (Å²) in [6.07, 6.45) is 4.11. The molecule has 4 nitrogen and oxygen atoms in total. The van der Waals surface area contributed by atoms with Crippen LogP contribution in [0.3, 0.4) is 0 Å². The Morgan fingerprint density at radius 3 is 2.80 bits per heavy atom. The second-order valence-corrected chi connectivity index (χ2v) is 4.21. The van der Waals surface area contributed by atoms with E-state index in [4.69, 9.17) is 0 Å². The predicted octanol–water partition coefficient (Wildman–Crippen LogP) is 1.79. The van der Waals surface area contributed by atoms with Gasteiger partial charge in [0.25, 0.3) is 0 Å². The summed E-state index contributed by atoms with van der Waals surface area (Å²) < 4.78 is 2.02. The second kappa shape index (κ2) is 5.85. The van der Waals surface area contributed by atoms with Gasteiger partial charge < -0.3 is 5.32 Å². The van der Waals surface area contributed by atoms with Gasteiger partial charge in [0.05, 0.1) is 11.9 Å². The van der Waals surface area contributed by atoms with Gasteiger partial charge in [-0.3, -0.25) is 0 Å². The van der Waals surface area contributed by atoms with Gasteiger partial charge in [0.15, 0.2) is 0 Å². The number of hydrogen-bond donors (Lipinski definition) is 1. The largest absolute Gasteiger partial charge is 0.317 e. The number of nitrogens with one attached hydrogen (secondary N) is 1. The van der Waals surface area contributed by atoms with E-state index >= 15 is 0 Å². The molecule has 1 N–H and O–H groups in total. The zero-order chi connectivity index (χ0) is 11.3. The Kier molecular flexibility index (Phi) is 4.75. The van der Waals surface area contributed by atoms with Crippen LogP contribution in [0.25, 0.3) is 0 Å². The minimum atomic E-state index is 0.508. The smallest absolute Gasteiger partial charge is 0.0727 e. The summed E-state index contributed by atoms with van der Waals surface area (Å²) >= 11 is 0. The first-order valence-corrected chi connectivity index (χ1v) is 5.74. The Bertz CT molecular complexity index is 282. The van der Waals surface area contributed by atoms with Crippen molar-refractivity contribution in [3.8, 4) is 0 Å². The van der Waals surface area contributed by atoms with Crippen molar-refractivity contribution in [1.82, 2.24) is 20.3 Å². The van der Waals surface area contributed by atoms with Crippen molar-refractivity contribution < 1.29 is 0 Å². The molecule has 0 aromatic carbocycles. The first-order chi connectivity index (χ1) is 7.19. The molecule has 1 aromatic heterocycles. The van der Waals surface area contributed by atoms with Crippen LogP contribution in [0, 0.1) is 0 Å². The first kappa shape index (κ1) is 12.2. The van der Waals surface area contributed by atoms with Gasteiger partial charge in [0, 0.05) is 18.5 Å². The molecule has 0 aliphatic rings. The Balaban J connectivity index is 2.63. The summed E-state index contributed by atoms with van der Waals surface area (Å²) in [5.74, 6) is 0.508. The van der Waals surface area contributed by atoms with Crippen LogP contribution < -0.4 is 5.32 Å². The van der Waals surface area contributed by atoms with Gasteiger partial charge in [-0.05, 0) is 26.8 Å². The molecule has 86 valence electrons. The van der Waals surface area contributed by atoms with Crippen molar-refractivity contribution in [2.75, 3.05) is 7.05 Å². The van der Waals surface area contributed by atoms with Crippen LogP contribution in [0.15, 0.2) is 6.20 Å². The van der Waals surface area contributed by atoms with E-state index in [9.17, 15) is 0 Å². The van der Waals surface area contributed by atoms with Crippen LogP contribution in [-0.2, 0) is 6.54 Å². The highest BCUT2D eigenvalue weighted by Gasteiger charge is 2.14. The zero-order valence-electron chi connectivity index (χ0n) is 10.2. The van der Waals surface area contributed by atoms with E-state index in [1.807, 2.05) is 17.9 Å². The third-order valence-corrected chi connectivity index (χ3v) is 2.79. The van der Waals surface area contributed by atoms with E-state index in [0.717, 1.165) is 19.4 Å². The highest BCUT2D eigenvalue weighted by atomic mass is 15.4. The lowest BCUT2D eigenvalue weighted by Gasteiger charge is -2.17. The minimum absolute atomic E-state index is 0.508. The summed E-state index contributed by atoms with van der Waals surface area (Å²) in [6, 6.07) is 0.532. The average Bonchev–Trinajstić information content (AvgIpc) is 2.66. The van der Waals surface area contributed by atoms with E-state index in [1.54, 1.807) is 0 Å². The molecule has 0 aliphatic heterocycles. The Morgan fingerprint density at radius 1 is 1.47 bits per heavy atom. The normalized spacial score (nSPS) is 15.2. The monoisotopic (exact) mass is 210 g/mol. The molecule has 0 fully saturated rings. The van der Waals surface area contributed by atoms with Gasteiger partial charge >= 0.3 is 0 Å². The molecule has 0 bridgehead atoms. The molecule has 0 saturated heterocycles. The Hall–Kier alpha value is -0.900. The number of rotatable bonds is 6. The molecule has 1 rings (SSSR count). The Morgan fingerprint density at radius 2 is 2.20 bits per heavy atom. The predicted molar refractivity (Wildman–Crippen MR) is 61.9 cm³/mol. The molecular weight excluding hydrogens is 188 g/mol. The van der Waals surface area contributed by atoms with Crippen LogP contribution in [0.4, 0.5) is 0 Å². The zero-order valence-corrected chi connectivity index (χ0v) is 10.2. The lowest BCUT2D eigenvalue weighted by Crippen LogP contribution is -2.23. The van der Waals surface area contributed by atoms with Crippen molar-refractivity contribution >= 4 is 0 Å². The lowest BCUT2D eigenvalue weighted by molar-refractivity contribution is 0.474. The van der Waals surface area contributed by atoms with Crippen LogP contribution >= 0.6 is 0 Å². The van der Waals surface area contributed by atoms with Gasteiger partial charge in [-0.1, -0.05) is 19.1 Å². The number of aromatic nitrogens is 3. The highest BCUT2D eigenvalue weighted by molar-refractivity contribution is 5.02. The molecule has 2 atom stereocenters. The second-order valence-electron chi connectivity index (χ2n) is 4.21. The van der Waals surface area contributed by atoms with E-state index in [2.05, 4.69) is 36.4 Å². The van der Waals surface area contributed by atoms with Gasteiger partial charge in [-0.15, -0.1) is 5.10 Å². The SMILES string of the molecule is CCCn1nncc1C(C)CC(C)NC. The van der Waals surface area contributed by atoms with E-state index < -0.39 is 0 Å². The number of aryl methyl sites for hydroxylation is 1. The minimum Gasteiger partial charge on any atom is -0.317 e. The number of hydrogen-bond acceptors (Lipinski definition) is 3. The van der Waals surface area contributed by atoms with Crippen molar-refractivity contribution in [3.05, 3.63) is 11.9 Å². The first-order valence-electron chi connectivity index (χ1n) is 5.74. The quantitative estimate of drug-likeness (QED) is 0.778. The fourth-order valence-electron chi connectivity index (χ4n) is 1.80.